The van der Waals surface area contributed by atoms with Gasteiger partial charge in [-0.15, -0.1) is 0 Å². The number of ether oxygens (including phenoxy) is 4. The van der Waals surface area contributed by atoms with Gasteiger partial charge in [0.2, 0.25) is 0 Å². The number of hydrogen-bond donors (Lipinski definition) is 0. The van der Waals surface area contributed by atoms with E-state index in [-0.39, 0.29) is 18.3 Å². The SMILES string of the molecule is COc1cc(OC)cc(OCC(=O)C2CCOC2)c1. The molecule has 5 nitrogen and oxygen atoms in total. The molecule has 0 saturated carbocycles. The van der Waals surface area contributed by atoms with Crippen LogP contribution in [0.5, 0.6) is 17.2 Å². The maximum Gasteiger partial charge on any atom is 0.175 e. The van der Waals surface area contributed by atoms with E-state index in [1.165, 1.54) is 0 Å². The second-order valence-electron chi connectivity index (χ2n) is 4.36. The molecule has 1 heterocycles. The van der Waals surface area contributed by atoms with Gasteiger partial charge in [0.05, 0.1) is 20.8 Å². The molecule has 0 aromatic heterocycles. The zero-order chi connectivity index (χ0) is 13.7. The van der Waals surface area contributed by atoms with Crippen LogP contribution < -0.4 is 14.2 Å². The van der Waals surface area contributed by atoms with E-state index in [0.29, 0.717) is 30.5 Å². The zero-order valence-electron chi connectivity index (χ0n) is 11.2. The molecule has 1 fully saturated rings. The number of benzene rings is 1. The van der Waals surface area contributed by atoms with Gasteiger partial charge in [-0.2, -0.15) is 0 Å². The Morgan fingerprint density at radius 2 is 1.84 bits per heavy atom. The fraction of sp³-hybridized carbons (Fsp3) is 0.500. The van der Waals surface area contributed by atoms with Crippen molar-refractivity contribution < 1.29 is 23.7 Å². The molecular formula is C14H18O5. The van der Waals surface area contributed by atoms with Gasteiger partial charge in [-0.25, -0.2) is 0 Å². The molecule has 1 unspecified atom stereocenters. The van der Waals surface area contributed by atoms with Crippen LogP contribution in [0.1, 0.15) is 6.42 Å². The largest absolute Gasteiger partial charge is 0.496 e. The summed E-state index contributed by atoms with van der Waals surface area (Å²) >= 11 is 0. The third-order valence-electron chi connectivity index (χ3n) is 3.09. The molecule has 104 valence electrons. The van der Waals surface area contributed by atoms with E-state index in [9.17, 15) is 4.79 Å². The van der Waals surface area contributed by atoms with E-state index in [1.54, 1.807) is 32.4 Å². The summed E-state index contributed by atoms with van der Waals surface area (Å²) in [6.07, 6.45) is 0.781. The molecule has 1 aliphatic rings. The standard InChI is InChI=1S/C14H18O5/c1-16-11-5-12(17-2)7-13(6-11)19-9-14(15)10-3-4-18-8-10/h5-7,10H,3-4,8-9H2,1-2H3. The van der Waals surface area contributed by atoms with Crippen molar-refractivity contribution in [2.75, 3.05) is 34.0 Å². The molecule has 5 heteroatoms. The monoisotopic (exact) mass is 266 g/mol. The number of ketones is 1. The van der Waals surface area contributed by atoms with Gasteiger partial charge in [0.25, 0.3) is 0 Å². The molecule has 1 aliphatic heterocycles. The molecule has 1 aromatic carbocycles. The van der Waals surface area contributed by atoms with Crippen molar-refractivity contribution in [2.45, 2.75) is 6.42 Å². The maximum atomic E-state index is 11.9. The third kappa shape index (κ3) is 3.61. The predicted octanol–water partition coefficient (Wildman–Crippen LogP) is 1.69. The highest BCUT2D eigenvalue weighted by atomic mass is 16.5. The van der Waals surface area contributed by atoms with Crippen molar-refractivity contribution in [1.29, 1.82) is 0 Å². The highest BCUT2D eigenvalue weighted by molar-refractivity contribution is 5.82. The number of carbonyl (C=O) groups is 1. The molecule has 0 radical (unpaired) electrons. The third-order valence-corrected chi connectivity index (χ3v) is 3.09. The van der Waals surface area contributed by atoms with E-state index in [2.05, 4.69) is 0 Å². The first-order valence-corrected chi connectivity index (χ1v) is 6.19. The summed E-state index contributed by atoms with van der Waals surface area (Å²) in [4.78, 5) is 11.9. The fourth-order valence-corrected chi connectivity index (χ4v) is 1.93. The highest BCUT2D eigenvalue weighted by Gasteiger charge is 2.23. The minimum absolute atomic E-state index is 0.0347. The van der Waals surface area contributed by atoms with Crippen LogP contribution in [0, 0.1) is 5.92 Å². The Hall–Kier alpha value is -1.75. The first-order valence-electron chi connectivity index (χ1n) is 6.19. The van der Waals surface area contributed by atoms with E-state index in [1.807, 2.05) is 0 Å². The van der Waals surface area contributed by atoms with E-state index >= 15 is 0 Å². The summed E-state index contributed by atoms with van der Waals surface area (Å²) in [6.45, 7) is 1.21. The second kappa shape index (κ2) is 6.43. The Morgan fingerprint density at radius 3 is 2.37 bits per heavy atom. The molecule has 0 bridgehead atoms. The van der Waals surface area contributed by atoms with Crippen molar-refractivity contribution in [3.8, 4) is 17.2 Å². The lowest BCUT2D eigenvalue weighted by Crippen LogP contribution is -2.21. The number of carbonyl (C=O) groups excluding carboxylic acids is 1. The van der Waals surface area contributed by atoms with Crippen LogP contribution in [0.25, 0.3) is 0 Å². The minimum atomic E-state index is -0.0347. The average Bonchev–Trinajstić information content (AvgIpc) is 2.98. The van der Waals surface area contributed by atoms with Crippen LogP contribution in [0.3, 0.4) is 0 Å². The molecule has 0 amide bonds. The van der Waals surface area contributed by atoms with Gasteiger partial charge in [0, 0.05) is 30.7 Å². The molecule has 0 N–H and O–H groups in total. The van der Waals surface area contributed by atoms with Gasteiger partial charge in [0.15, 0.2) is 5.78 Å². The van der Waals surface area contributed by atoms with Crippen LogP contribution >= 0.6 is 0 Å². The van der Waals surface area contributed by atoms with Gasteiger partial charge >= 0.3 is 0 Å². The van der Waals surface area contributed by atoms with Gasteiger partial charge in [0.1, 0.15) is 23.9 Å². The molecule has 0 aliphatic carbocycles. The number of Topliss-reactive ketones (excluding diaryl/α,β-unsaturated/α-hetero) is 1. The molecule has 2 rings (SSSR count). The topological polar surface area (TPSA) is 54.0 Å². The Kier molecular flexibility index (Phi) is 4.63. The molecular weight excluding hydrogens is 248 g/mol. The quantitative estimate of drug-likeness (QED) is 0.784. The van der Waals surface area contributed by atoms with E-state index in [4.69, 9.17) is 18.9 Å². The molecule has 0 spiro atoms. The van der Waals surface area contributed by atoms with Gasteiger partial charge in [-0.05, 0) is 6.42 Å². The number of rotatable bonds is 6. The minimum Gasteiger partial charge on any atom is -0.496 e. The second-order valence-corrected chi connectivity index (χ2v) is 4.36. The van der Waals surface area contributed by atoms with Crippen molar-refractivity contribution in [3.05, 3.63) is 18.2 Å². The fourth-order valence-electron chi connectivity index (χ4n) is 1.93. The normalized spacial score (nSPS) is 18.1. The Bertz CT molecular complexity index is 415. The first-order chi connectivity index (χ1) is 9.22. The van der Waals surface area contributed by atoms with Crippen molar-refractivity contribution in [2.24, 2.45) is 5.92 Å². The van der Waals surface area contributed by atoms with Crippen LogP contribution in [0.4, 0.5) is 0 Å². The molecule has 1 aromatic rings. The lowest BCUT2D eigenvalue weighted by Gasteiger charge is -2.11. The van der Waals surface area contributed by atoms with Crippen LogP contribution in [-0.4, -0.2) is 39.8 Å². The van der Waals surface area contributed by atoms with Crippen LogP contribution in [-0.2, 0) is 9.53 Å². The Balaban J connectivity index is 1.96. The summed E-state index contributed by atoms with van der Waals surface area (Å²) in [7, 11) is 3.14. The van der Waals surface area contributed by atoms with E-state index < -0.39 is 0 Å². The number of methoxy groups -OCH3 is 2. The van der Waals surface area contributed by atoms with E-state index in [0.717, 1.165) is 6.42 Å². The van der Waals surface area contributed by atoms with Gasteiger partial charge in [-0.1, -0.05) is 0 Å². The lowest BCUT2D eigenvalue weighted by atomic mass is 10.0. The van der Waals surface area contributed by atoms with Gasteiger partial charge < -0.3 is 18.9 Å². The zero-order valence-corrected chi connectivity index (χ0v) is 11.2. The lowest BCUT2D eigenvalue weighted by molar-refractivity contribution is -0.124. The highest BCUT2D eigenvalue weighted by Crippen LogP contribution is 2.27. The van der Waals surface area contributed by atoms with Crippen molar-refractivity contribution >= 4 is 5.78 Å². The predicted molar refractivity (Wildman–Crippen MR) is 69.0 cm³/mol. The van der Waals surface area contributed by atoms with Crippen LogP contribution in [0.15, 0.2) is 18.2 Å². The average molecular weight is 266 g/mol. The maximum absolute atomic E-state index is 11.9. The summed E-state index contributed by atoms with van der Waals surface area (Å²) in [5.41, 5.74) is 0. The molecule has 1 saturated heterocycles. The Labute approximate surface area is 112 Å². The summed E-state index contributed by atoms with van der Waals surface area (Å²) < 4.78 is 21.0. The molecule has 19 heavy (non-hydrogen) atoms. The van der Waals surface area contributed by atoms with Gasteiger partial charge in [-0.3, -0.25) is 4.79 Å². The molecule has 1 atom stereocenters. The van der Waals surface area contributed by atoms with Crippen molar-refractivity contribution in [1.82, 2.24) is 0 Å². The smallest absolute Gasteiger partial charge is 0.175 e. The summed E-state index contributed by atoms with van der Waals surface area (Å²) in [6, 6.07) is 5.20. The van der Waals surface area contributed by atoms with Crippen molar-refractivity contribution in [3.63, 3.8) is 0 Å². The number of hydrogen-bond acceptors (Lipinski definition) is 5. The summed E-state index contributed by atoms with van der Waals surface area (Å²) in [5.74, 6) is 1.85. The first kappa shape index (κ1) is 13.7. The Morgan fingerprint density at radius 1 is 1.21 bits per heavy atom. The summed E-state index contributed by atoms with van der Waals surface area (Å²) in [5, 5.41) is 0. The van der Waals surface area contributed by atoms with Crippen LogP contribution in [0.2, 0.25) is 0 Å².